The average molecular weight is 211 g/mol. The second-order valence-electron chi connectivity index (χ2n) is 3.86. The minimum absolute atomic E-state index is 0.168. The first-order valence-corrected chi connectivity index (χ1v) is 5.35. The van der Waals surface area contributed by atoms with E-state index >= 15 is 0 Å². The lowest BCUT2D eigenvalue weighted by atomic mass is 10.1. The van der Waals surface area contributed by atoms with E-state index in [-0.39, 0.29) is 6.04 Å². The maximum atomic E-state index is 5.44. The van der Waals surface area contributed by atoms with Gasteiger partial charge in [-0.3, -0.25) is 0 Å². The summed E-state index contributed by atoms with van der Waals surface area (Å²) < 4.78 is 7.33. The maximum Gasteiger partial charge on any atom is 0.168 e. The maximum absolute atomic E-state index is 5.44. The Balaban J connectivity index is 2.15. The molecule has 0 radical (unpaired) electrons. The number of rotatable bonds is 3. The van der Waals surface area contributed by atoms with Gasteiger partial charge in [0, 0.05) is 6.61 Å². The van der Waals surface area contributed by atoms with Crippen molar-refractivity contribution in [1.82, 2.24) is 25.5 Å². The second kappa shape index (κ2) is 4.67. The summed E-state index contributed by atoms with van der Waals surface area (Å²) in [6, 6.07) is 0.460. The molecule has 1 aliphatic rings. The molecule has 0 aromatic carbocycles. The first kappa shape index (κ1) is 10.5. The Morgan fingerprint density at radius 1 is 1.60 bits per heavy atom. The molecule has 0 spiro atoms. The normalized spacial score (nSPS) is 24.0. The van der Waals surface area contributed by atoms with Crippen LogP contribution in [0.4, 0.5) is 0 Å². The van der Waals surface area contributed by atoms with Crippen molar-refractivity contribution in [2.24, 2.45) is 0 Å². The highest BCUT2D eigenvalue weighted by molar-refractivity contribution is 4.91. The van der Waals surface area contributed by atoms with Crippen molar-refractivity contribution < 1.29 is 4.74 Å². The predicted molar refractivity (Wildman–Crippen MR) is 54.4 cm³/mol. The van der Waals surface area contributed by atoms with Crippen LogP contribution in [0.1, 0.15) is 37.7 Å². The predicted octanol–water partition coefficient (Wildman–Crippen LogP) is 0.305. The van der Waals surface area contributed by atoms with Crippen LogP contribution in [0.5, 0.6) is 0 Å². The van der Waals surface area contributed by atoms with Gasteiger partial charge in [-0.05, 0) is 37.2 Å². The minimum Gasteiger partial charge on any atom is -0.379 e. The summed E-state index contributed by atoms with van der Waals surface area (Å²) in [5, 5.41) is 15.0. The number of hydrogen-bond donors (Lipinski definition) is 1. The van der Waals surface area contributed by atoms with Gasteiger partial charge >= 0.3 is 0 Å². The van der Waals surface area contributed by atoms with Crippen molar-refractivity contribution in [2.45, 2.75) is 31.8 Å². The number of hydrogen-bond acceptors (Lipinski definition) is 5. The fourth-order valence-corrected chi connectivity index (χ4v) is 1.79. The average Bonchev–Trinajstić information content (AvgIpc) is 2.78. The van der Waals surface area contributed by atoms with E-state index in [1.807, 2.05) is 18.7 Å². The summed E-state index contributed by atoms with van der Waals surface area (Å²) >= 11 is 0. The van der Waals surface area contributed by atoms with Crippen LogP contribution >= 0.6 is 0 Å². The van der Waals surface area contributed by atoms with Gasteiger partial charge in [-0.25, -0.2) is 4.68 Å². The Morgan fingerprint density at radius 3 is 3.13 bits per heavy atom. The molecule has 6 nitrogen and oxygen atoms in total. The molecule has 2 unspecified atom stereocenters. The lowest BCUT2D eigenvalue weighted by Crippen LogP contribution is -2.27. The van der Waals surface area contributed by atoms with E-state index in [1.54, 1.807) is 0 Å². The topological polar surface area (TPSA) is 64.9 Å². The van der Waals surface area contributed by atoms with E-state index in [0.717, 1.165) is 25.3 Å². The standard InChI is InChI=1S/C9H17N5O/c1-7(10-2)9-11-12-13-14(9)8-4-3-5-15-6-8/h7-8,10H,3-6H2,1-2H3. The van der Waals surface area contributed by atoms with Crippen LogP contribution in [0, 0.1) is 0 Å². The molecule has 0 saturated carbocycles. The highest BCUT2D eigenvalue weighted by Crippen LogP contribution is 2.21. The van der Waals surface area contributed by atoms with Gasteiger partial charge in [0.1, 0.15) is 0 Å². The molecular weight excluding hydrogens is 194 g/mol. The summed E-state index contributed by atoms with van der Waals surface area (Å²) in [6.45, 7) is 3.62. The van der Waals surface area contributed by atoms with Gasteiger partial charge in [-0.15, -0.1) is 5.10 Å². The van der Waals surface area contributed by atoms with Gasteiger partial charge in [-0.2, -0.15) is 0 Å². The van der Waals surface area contributed by atoms with Crippen molar-refractivity contribution in [3.8, 4) is 0 Å². The minimum atomic E-state index is 0.168. The molecule has 6 heteroatoms. The summed E-state index contributed by atoms with van der Waals surface area (Å²) in [4.78, 5) is 0. The van der Waals surface area contributed by atoms with Gasteiger partial charge in [0.05, 0.1) is 18.7 Å². The molecule has 1 aromatic heterocycles. The summed E-state index contributed by atoms with van der Waals surface area (Å²) in [6.07, 6.45) is 2.17. The molecule has 1 aliphatic heterocycles. The van der Waals surface area contributed by atoms with E-state index < -0.39 is 0 Å². The molecule has 1 fully saturated rings. The third kappa shape index (κ3) is 2.15. The molecule has 1 aromatic rings. The van der Waals surface area contributed by atoms with Crippen LogP contribution in [0.2, 0.25) is 0 Å². The van der Waals surface area contributed by atoms with Crippen molar-refractivity contribution in [3.63, 3.8) is 0 Å². The van der Waals surface area contributed by atoms with E-state index in [0.29, 0.717) is 12.6 Å². The number of nitrogens with one attached hydrogen (secondary N) is 1. The third-order valence-electron chi connectivity index (χ3n) is 2.82. The zero-order valence-electron chi connectivity index (χ0n) is 9.18. The van der Waals surface area contributed by atoms with Gasteiger partial charge < -0.3 is 10.1 Å². The molecule has 2 atom stereocenters. The molecule has 2 heterocycles. The Labute approximate surface area is 89.0 Å². The number of nitrogens with zero attached hydrogens (tertiary/aromatic N) is 4. The smallest absolute Gasteiger partial charge is 0.168 e. The highest BCUT2D eigenvalue weighted by Gasteiger charge is 2.22. The van der Waals surface area contributed by atoms with Gasteiger partial charge in [0.2, 0.25) is 0 Å². The Kier molecular flexibility index (Phi) is 3.27. The summed E-state index contributed by atoms with van der Waals surface area (Å²) in [5.41, 5.74) is 0. The van der Waals surface area contributed by atoms with Crippen molar-refractivity contribution >= 4 is 0 Å². The molecule has 15 heavy (non-hydrogen) atoms. The van der Waals surface area contributed by atoms with Gasteiger partial charge in [0.15, 0.2) is 5.82 Å². The Morgan fingerprint density at radius 2 is 2.47 bits per heavy atom. The largest absolute Gasteiger partial charge is 0.379 e. The van der Waals surface area contributed by atoms with Crippen LogP contribution < -0.4 is 5.32 Å². The van der Waals surface area contributed by atoms with Crippen LogP contribution in [0.3, 0.4) is 0 Å². The fraction of sp³-hybridized carbons (Fsp3) is 0.889. The van der Waals surface area contributed by atoms with Crippen LogP contribution in [0.15, 0.2) is 0 Å². The molecule has 1 N–H and O–H groups in total. The number of ether oxygens (including phenoxy) is 1. The van der Waals surface area contributed by atoms with Crippen LogP contribution in [-0.4, -0.2) is 40.5 Å². The molecule has 0 bridgehead atoms. The molecule has 1 saturated heterocycles. The van der Waals surface area contributed by atoms with Crippen molar-refractivity contribution in [3.05, 3.63) is 5.82 Å². The van der Waals surface area contributed by atoms with E-state index in [4.69, 9.17) is 4.74 Å². The van der Waals surface area contributed by atoms with Gasteiger partial charge in [-0.1, -0.05) is 0 Å². The summed E-state index contributed by atoms with van der Waals surface area (Å²) in [5.74, 6) is 0.882. The highest BCUT2D eigenvalue weighted by atomic mass is 16.5. The van der Waals surface area contributed by atoms with Gasteiger partial charge in [0.25, 0.3) is 0 Å². The van der Waals surface area contributed by atoms with Crippen molar-refractivity contribution in [2.75, 3.05) is 20.3 Å². The lowest BCUT2D eigenvalue weighted by molar-refractivity contribution is 0.0526. The molecule has 0 aliphatic carbocycles. The lowest BCUT2D eigenvalue weighted by Gasteiger charge is -2.23. The molecule has 0 amide bonds. The molecule has 84 valence electrons. The Hall–Kier alpha value is -1.01. The number of tetrazole rings is 1. The van der Waals surface area contributed by atoms with Crippen LogP contribution in [0.25, 0.3) is 0 Å². The van der Waals surface area contributed by atoms with E-state index in [1.165, 1.54) is 0 Å². The quantitative estimate of drug-likeness (QED) is 0.779. The third-order valence-corrected chi connectivity index (χ3v) is 2.82. The number of aromatic nitrogens is 4. The zero-order valence-corrected chi connectivity index (χ0v) is 9.18. The first-order valence-electron chi connectivity index (χ1n) is 5.35. The second-order valence-corrected chi connectivity index (χ2v) is 3.86. The summed E-state index contributed by atoms with van der Waals surface area (Å²) in [7, 11) is 1.90. The zero-order chi connectivity index (χ0) is 10.7. The Bertz CT molecular complexity index is 307. The first-order chi connectivity index (χ1) is 7.33. The SMILES string of the molecule is CNC(C)c1nnnn1C1CCCOC1. The van der Waals surface area contributed by atoms with Crippen molar-refractivity contribution in [1.29, 1.82) is 0 Å². The fourth-order valence-electron chi connectivity index (χ4n) is 1.79. The van der Waals surface area contributed by atoms with E-state index in [2.05, 4.69) is 20.8 Å². The van der Waals surface area contributed by atoms with E-state index in [9.17, 15) is 0 Å². The molecular formula is C9H17N5O. The molecule has 2 rings (SSSR count). The monoisotopic (exact) mass is 211 g/mol. The van der Waals surface area contributed by atoms with Crippen LogP contribution in [-0.2, 0) is 4.74 Å².